The third-order valence-electron chi connectivity index (χ3n) is 2.85. The second kappa shape index (κ2) is 5.01. The van der Waals surface area contributed by atoms with E-state index in [1.54, 1.807) is 7.11 Å². The molecule has 2 N–H and O–H groups in total. The molecule has 0 saturated carbocycles. The molecule has 0 saturated heterocycles. The molecule has 2 unspecified atom stereocenters. The van der Waals surface area contributed by atoms with Crippen LogP contribution in [0, 0.1) is 5.92 Å². The van der Waals surface area contributed by atoms with Gasteiger partial charge in [-0.25, -0.2) is 0 Å². The average molecular weight is 193 g/mol. The molecule has 2 heteroatoms. The van der Waals surface area contributed by atoms with Gasteiger partial charge in [-0.2, -0.15) is 0 Å². The summed E-state index contributed by atoms with van der Waals surface area (Å²) in [6.45, 7) is 5.06. The van der Waals surface area contributed by atoms with Gasteiger partial charge in [0.05, 0.1) is 7.11 Å². The highest BCUT2D eigenvalue weighted by Crippen LogP contribution is 2.30. The van der Waals surface area contributed by atoms with Gasteiger partial charge in [0.1, 0.15) is 5.75 Å². The van der Waals surface area contributed by atoms with Crippen LogP contribution >= 0.6 is 0 Å². The summed E-state index contributed by atoms with van der Waals surface area (Å²) in [5.41, 5.74) is 6.90. The summed E-state index contributed by atoms with van der Waals surface area (Å²) in [7, 11) is 1.71. The Morgan fingerprint density at radius 2 is 1.93 bits per heavy atom. The van der Waals surface area contributed by atoms with Crippen molar-refractivity contribution >= 4 is 0 Å². The summed E-state index contributed by atoms with van der Waals surface area (Å²) in [4.78, 5) is 0. The highest BCUT2D eigenvalue weighted by Gasteiger charge is 2.16. The predicted octanol–water partition coefficient (Wildman–Crippen LogP) is 2.39. The van der Waals surface area contributed by atoms with Crippen LogP contribution < -0.4 is 10.5 Å². The quantitative estimate of drug-likeness (QED) is 0.797. The van der Waals surface area contributed by atoms with E-state index in [0.29, 0.717) is 18.4 Å². The summed E-state index contributed by atoms with van der Waals surface area (Å²) < 4.78 is 5.32. The zero-order chi connectivity index (χ0) is 10.6. The zero-order valence-corrected chi connectivity index (χ0v) is 9.16. The van der Waals surface area contributed by atoms with Crippen molar-refractivity contribution in [3.63, 3.8) is 0 Å². The molecule has 2 nitrogen and oxygen atoms in total. The maximum atomic E-state index is 5.66. The van der Waals surface area contributed by atoms with E-state index < -0.39 is 0 Å². The molecular weight excluding hydrogens is 174 g/mol. The molecule has 14 heavy (non-hydrogen) atoms. The van der Waals surface area contributed by atoms with E-state index in [9.17, 15) is 0 Å². The van der Waals surface area contributed by atoms with Crippen LogP contribution in [0.5, 0.6) is 5.75 Å². The molecule has 0 amide bonds. The molecule has 0 bridgehead atoms. The molecule has 0 aromatic heterocycles. The fourth-order valence-corrected chi connectivity index (χ4v) is 1.55. The van der Waals surface area contributed by atoms with E-state index in [4.69, 9.17) is 10.5 Å². The number of para-hydroxylation sites is 1. The van der Waals surface area contributed by atoms with Gasteiger partial charge >= 0.3 is 0 Å². The van der Waals surface area contributed by atoms with E-state index in [-0.39, 0.29) is 0 Å². The lowest BCUT2D eigenvalue weighted by molar-refractivity contribution is 0.396. The first-order valence-electron chi connectivity index (χ1n) is 5.03. The van der Waals surface area contributed by atoms with Crippen LogP contribution in [0.4, 0.5) is 0 Å². The maximum absolute atomic E-state index is 5.66. The van der Waals surface area contributed by atoms with E-state index in [1.807, 2.05) is 18.2 Å². The van der Waals surface area contributed by atoms with Gasteiger partial charge in [0.15, 0.2) is 0 Å². The summed E-state index contributed by atoms with van der Waals surface area (Å²) >= 11 is 0. The van der Waals surface area contributed by atoms with Crippen molar-refractivity contribution in [1.29, 1.82) is 0 Å². The van der Waals surface area contributed by atoms with Crippen LogP contribution in [0.1, 0.15) is 25.3 Å². The second-order valence-corrected chi connectivity index (χ2v) is 3.74. The van der Waals surface area contributed by atoms with Gasteiger partial charge in [0, 0.05) is 0 Å². The predicted molar refractivity (Wildman–Crippen MR) is 59.6 cm³/mol. The Morgan fingerprint density at radius 1 is 1.29 bits per heavy atom. The van der Waals surface area contributed by atoms with Crippen LogP contribution in [-0.2, 0) is 0 Å². The van der Waals surface area contributed by atoms with E-state index in [1.165, 1.54) is 5.56 Å². The summed E-state index contributed by atoms with van der Waals surface area (Å²) in [6, 6.07) is 8.13. The molecule has 1 rings (SSSR count). The Labute approximate surface area is 86.1 Å². The van der Waals surface area contributed by atoms with Crippen LogP contribution in [0.15, 0.2) is 24.3 Å². The molecule has 0 aliphatic carbocycles. The average Bonchev–Trinajstić information content (AvgIpc) is 2.26. The van der Waals surface area contributed by atoms with Gasteiger partial charge in [0.2, 0.25) is 0 Å². The van der Waals surface area contributed by atoms with Gasteiger partial charge in [-0.1, -0.05) is 32.0 Å². The number of ether oxygens (including phenoxy) is 1. The Morgan fingerprint density at radius 3 is 2.50 bits per heavy atom. The number of hydrogen-bond donors (Lipinski definition) is 1. The molecule has 0 radical (unpaired) electrons. The first-order chi connectivity index (χ1) is 6.70. The molecule has 0 spiro atoms. The lowest BCUT2D eigenvalue weighted by Crippen LogP contribution is -2.17. The SMILES string of the molecule is COc1ccccc1C(C)C(C)CN. The molecular formula is C12H19NO. The van der Waals surface area contributed by atoms with Crippen molar-refractivity contribution in [2.75, 3.05) is 13.7 Å². The van der Waals surface area contributed by atoms with Crippen molar-refractivity contribution in [3.8, 4) is 5.75 Å². The minimum Gasteiger partial charge on any atom is -0.496 e. The fourth-order valence-electron chi connectivity index (χ4n) is 1.55. The van der Waals surface area contributed by atoms with Crippen molar-refractivity contribution in [2.45, 2.75) is 19.8 Å². The van der Waals surface area contributed by atoms with E-state index in [2.05, 4.69) is 19.9 Å². The smallest absolute Gasteiger partial charge is 0.122 e. The Hall–Kier alpha value is -1.02. The van der Waals surface area contributed by atoms with Crippen LogP contribution in [0.2, 0.25) is 0 Å². The molecule has 1 aromatic rings. The zero-order valence-electron chi connectivity index (χ0n) is 9.16. The van der Waals surface area contributed by atoms with Gasteiger partial charge < -0.3 is 10.5 Å². The minimum atomic E-state index is 0.441. The molecule has 2 atom stereocenters. The van der Waals surface area contributed by atoms with E-state index in [0.717, 1.165) is 5.75 Å². The highest BCUT2D eigenvalue weighted by molar-refractivity contribution is 5.36. The second-order valence-electron chi connectivity index (χ2n) is 3.74. The summed E-state index contributed by atoms with van der Waals surface area (Å²) in [5.74, 6) is 1.88. The van der Waals surface area contributed by atoms with Gasteiger partial charge in [-0.05, 0) is 30.0 Å². The van der Waals surface area contributed by atoms with E-state index >= 15 is 0 Å². The Bertz CT molecular complexity index is 285. The molecule has 0 heterocycles. The van der Waals surface area contributed by atoms with Gasteiger partial charge in [0.25, 0.3) is 0 Å². The number of benzene rings is 1. The number of rotatable bonds is 4. The van der Waals surface area contributed by atoms with Gasteiger partial charge in [-0.3, -0.25) is 0 Å². The summed E-state index contributed by atoms with van der Waals surface area (Å²) in [5, 5.41) is 0. The maximum Gasteiger partial charge on any atom is 0.122 e. The minimum absolute atomic E-state index is 0.441. The van der Waals surface area contributed by atoms with Crippen LogP contribution in [0.3, 0.4) is 0 Å². The Kier molecular flexibility index (Phi) is 3.96. The molecule has 0 aliphatic rings. The highest BCUT2D eigenvalue weighted by atomic mass is 16.5. The number of methoxy groups -OCH3 is 1. The van der Waals surface area contributed by atoms with Crippen molar-refractivity contribution in [1.82, 2.24) is 0 Å². The van der Waals surface area contributed by atoms with Gasteiger partial charge in [-0.15, -0.1) is 0 Å². The number of nitrogens with two attached hydrogens (primary N) is 1. The normalized spacial score (nSPS) is 14.9. The molecule has 0 aliphatic heterocycles. The molecule has 78 valence electrons. The molecule has 1 aromatic carbocycles. The first kappa shape index (κ1) is 11.1. The lowest BCUT2D eigenvalue weighted by atomic mass is 9.88. The van der Waals surface area contributed by atoms with Crippen LogP contribution in [-0.4, -0.2) is 13.7 Å². The standard InChI is InChI=1S/C12H19NO/c1-9(8-13)10(2)11-6-4-5-7-12(11)14-3/h4-7,9-10H,8,13H2,1-3H3. The third-order valence-corrected chi connectivity index (χ3v) is 2.85. The first-order valence-corrected chi connectivity index (χ1v) is 5.03. The van der Waals surface area contributed by atoms with Crippen molar-refractivity contribution < 1.29 is 4.74 Å². The van der Waals surface area contributed by atoms with Crippen LogP contribution in [0.25, 0.3) is 0 Å². The van der Waals surface area contributed by atoms with Crippen molar-refractivity contribution in [3.05, 3.63) is 29.8 Å². The largest absolute Gasteiger partial charge is 0.496 e. The Balaban J connectivity index is 2.93. The number of hydrogen-bond acceptors (Lipinski definition) is 2. The fraction of sp³-hybridized carbons (Fsp3) is 0.500. The topological polar surface area (TPSA) is 35.2 Å². The lowest BCUT2D eigenvalue weighted by Gasteiger charge is -2.20. The molecule has 0 fully saturated rings. The third kappa shape index (κ3) is 2.26. The van der Waals surface area contributed by atoms with Crippen molar-refractivity contribution in [2.24, 2.45) is 11.7 Å². The summed E-state index contributed by atoms with van der Waals surface area (Å²) in [6.07, 6.45) is 0. The monoisotopic (exact) mass is 193 g/mol.